The summed E-state index contributed by atoms with van der Waals surface area (Å²) in [5.74, 6) is 0. The van der Waals surface area contributed by atoms with Gasteiger partial charge in [0, 0.05) is 6.54 Å². The Morgan fingerprint density at radius 1 is 1.50 bits per heavy atom. The average molecular weight is 196 g/mol. The van der Waals surface area contributed by atoms with Crippen LogP contribution < -0.4 is 5.73 Å². The number of hydrogen-bond donors (Lipinski definition) is 1. The van der Waals surface area contributed by atoms with Crippen LogP contribution in [0.25, 0.3) is 0 Å². The Balaban J connectivity index is 2.18. The molecular formula is C12H24N2. The first kappa shape index (κ1) is 11.7. The summed E-state index contributed by atoms with van der Waals surface area (Å²) in [5, 5.41) is 0. The van der Waals surface area contributed by atoms with Crippen LogP contribution in [0, 0.1) is 5.41 Å². The zero-order valence-electron chi connectivity index (χ0n) is 9.47. The van der Waals surface area contributed by atoms with Crippen molar-refractivity contribution in [3.63, 3.8) is 0 Å². The van der Waals surface area contributed by atoms with E-state index < -0.39 is 0 Å². The molecule has 0 heterocycles. The largest absolute Gasteiger partial charge is 0.330 e. The summed E-state index contributed by atoms with van der Waals surface area (Å²) in [6, 6.07) is 0. The maximum Gasteiger partial charge on any atom is 0.00470 e. The van der Waals surface area contributed by atoms with Crippen LogP contribution >= 0.6 is 0 Å². The first-order valence-corrected chi connectivity index (χ1v) is 5.72. The minimum Gasteiger partial charge on any atom is -0.330 e. The highest BCUT2D eigenvalue weighted by atomic mass is 15.1. The van der Waals surface area contributed by atoms with Crippen LogP contribution in [0.5, 0.6) is 0 Å². The predicted molar refractivity (Wildman–Crippen MR) is 62.3 cm³/mol. The molecule has 2 heteroatoms. The van der Waals surface area contributed by atoms with Crippen LogP contribution in [0.2, 0.25) is 0 Å². The van der Waals surface area contributed by atoms with E-state index in [1.165, 1.54) is 38.8 Å². The molecule has 0 aromatic rings. The second-order valence-electron chi connectivity index (χ2n) is 4.73. The topological polar surface area (TPSA) is 29.3 Å². The Morgan fingerprint density at radius 3 is 2.64 bits per heavy atom. The normalized spacial score (nSPS) is 19.4. The van der Waals surface area contributed by atoms with Gasteiger partial charge in [-0.05, 0) is 51.2 Å². The quantitative estimate of drug-likeness (QED) is 0.498. The molecule has 2 nitrogen and oxygen atoms in total. The van der Waals surface area contributed by atoms with Gasteiger partial charge in [-0.25, -0.2) is 0 Å². The van der Waals surface area contributed by atoms with Gasteiger partial charge in [-0.1, -0.05) is 12.5 Å². The molecule has 0 bridgehead atoms. The molecule has 1 aliphatic carbocycles. The molecule has 0 aliphatic heterocycles. The van der Waals surface area contributed by atoms with E-state index in [0.717, 1.165) is 13.0 Å². The summed E-state index contributed by atoms with van der Waals surface area (Å²) in [4.78, 5) is 2.43. The van der Waals surface area contributed by atoms with Crippen molar-refractivity contribution in [1.29, 1.82) is 0 Å². The van der Waals surface area contributed by atoms with Crippen LogP contribution in [0.15, 0.2) is 12.7 Å². The lowest BCUT2D eigenvalue weighted by atomic mass is 9.68. The van der Waals surface area contributed by atoms with Crippen molar-refractivity contribution >= 4 is 0 Å². The third kappa shape index (κ3) is 3.10. The van der Waals surface area contributed by atoms with Crippen molar-refractivity contribution in [3.05, 3.63) is 12.7 Å². The number of nitrogens with zero attached hydrogens (tertiary/aromatic N) is 1. The molecule has 1 rings (SSSR count). The van der Waals surface area contributed by atoms with Gasteiger partial charge in [0.1, 0.15) is 0 Å². The van der Waals surface area contributed by atoms with Crippen molar-refractivity contribution in [2.24, 2.45) is 11.1 Å². The molecule has 0 atom stereocenters. The van der Waals surface area contributed by atoms with E-state index in [4.69, 9.17) is 5.73 Å². The molecule has 82 valence electrons. The summed E-state index contributed by atoms with van der Waals surface area (Å²) in [5.41, 5.74) is 6.29. The van der Waals surface area contributed by atoms with Gasteiger partial charge in [-0.3, -0.25) is 0 Å². The second-order valence-corrected chi connectivity index (χ2v) is 4.73. The molecule has 0 unspecified atom stereocenters. The van der Waals surface area contributed by atoms with Gasteiger partial charge < -0.3 is 10.6 Å². The zero-order chi connectivity index (χ0) is 10.4. The summed E-state index contributed by atoms with van der Waals surface area (Å²) in [6.07, 6.45) is 8.37. The van der Waals surface area contributed by atoms with Gasteiger partial charge >= 0.3 is 0 Å². The minimum atomic E-state index is 0.461. The van der Waals surface area contributed by atoms with E-state index in [-0.39, 0.29) is 0 Å². The Labute approximate surface area is 88.2 Å². The van der Waals surface area contributed by atoms with Gasteiger partial charge in [0.15, 0.2) is 0 Å². The number of unbranched alkanes of at least 4 members (excludes halogenated alkanes) is 1. The second kappa shape index (κ2) is 5.52. The summed E-state index contributed by atoms with van der Waals surface area (Å²) < 4.78 is 0. The van der Waals surface area contributed by atoms with Crippen molar-refractivity contribution in [3.8, 4) is 0 Å². The molecular weight excluding hydrogens is 172 g/mol. The van der Waals surface area contributed by atoms with E-state index >= 15 is 0 Å². The molecule has 0 saturated heterocycles. The van der Waals surface area contributed by atoms with E-state index in [0.29, 0.717) is 5.41 Å². The van der Waals surface area contributed by atoms with E-state index in [9.17, 15) is 0 Å². The smallest absolute Gasteiger partial charge is 0.00470 e. The third-order valence-corrected chi connectivity index (χ3v) is 3.40. The molecule has 1 aliphatic rings. The minimum absolute atomic E-state index is 0.461. The van der Waals surface area contributed by atoms with Gasteiger partial charge in [0.05, 0.1) is 0 Å². The zero-order valence-corrected chi connectivity index (χ0v) is 9.47. The molecule has 1 fully saturated rings. The lowest BCUT2D eigenvalue weighted by Gasteiger charge is -2.43. The number of allylic oxidation sites excluding steroid dienone is 1. The van der Waals surface area contributed by atoms with Crippen molar-refractivity contribution in [1.82, 2.24) is 4.90 Å². The van der Waals surface area contributed by atoms with Crippen LogP contribution in [-0.2, 0) is 0 Å². The van der Waals surface area contributed by atoms with E-state index in [2.05, 4.69) is 18.5 Å². The Hall–Kier alpha value is -0.340. The number of hydrogen-bond acceptors (Lipinski definition) is 2. The molecule has 14 heavy (non-hydrogen) atoms. The van der Waals surface area contributed by atoms with Crippen molar-refractivity contribution in [2.75, 3.05) is 26.7 Å². The maximum atomic E-state index is 5.83. The molecule has 0 spiro atoms. The highest BCUT2D eigenvalue weighted by Crippen LogP contribution is 2.40. The first-order valence-electron chi connectivity index (χ1n) is 5.72. The van der Waals surface area contributed by atoms with E-state index in [1.807, 2.05) is 6.08 Å². The standard InChI is InChI=1S/C12H24N2/c1-3-4-5-9-14(2)11-12(10-13)7-6-8-12/h3H,1,4-11,13H2,2H3. The predicted octanol–water partition coefficient (Wildman–Crippen LogP) is 2.01. The van der Waals surface area contributed by atoms with Gasteiger partial charge in [0.25, 0.3) is 0 Å². The van der Waals surface area contributed by atoms with Gasteiger partial charge in [-0.2, -0.15) is 0 Å². The van der Waals surface area contributed by atoms with Crippen molar-refractivity contribution in [2.45, 2.75) is 32.1 Å². The van der Waals surface area contributed by atoms with Crippen LogP contribution in [0.3, 0.4) is 0 Å². The maximum absolute atomic E-state index is 5.83. The fourth-order valence-corrected chi connectivity index (χ4v) is 2.26. The monoisotopic (exact) mass is 196 g/mol. The molecule has 0 radical (unpaired) electrons. The summed E-state index contributed by atoms with van der Waals surface area (Å²) >= 11 is 0. The number of rotatable bonds is 7. The number of nitrogens with two attached hydrogens (primary N) is 1. The Kier molecular flexibility index (Phi) is 4.63. The lowest BCUT2D eigenvalue weighted by Crippen LogP contribution is -2.46. The molecule has 0 aromatic heterocycles. The third-order valence-electron chi connectivity index (χ3n) is 3.40. The Bertz CT molecular complexity index is 168. The summed E-state index contributed by atoms with van der Waals surface area (Å²) in [7, 11) is 2.21. The summed E-state index contributed by atoms with van der Waals surface area (Å²) in [6.45, 7) is 6.95. The SMILES string of the molecule is C=CCCCN(C)CC1(CN)CCC1. The molecule has 1 saturated carbocycles. The fourth-order valence-electron chi connectivity index (χ4n) is 2.26. The van der Waals surface area contributed by atoms with Gasteiger partial charge in [-0.15, -0.1) is 6.58 Å². The average Bonchev–Trinajstić information content (AvgIpc) is 2.12. The molecule has 0 aromatic carbocycles. The van der Waals surface area contributed by atoms with Crippen LogP contribution in [0.1, 0.15) is 32.1 Å². The molecule has 2 N–H and O–H groups in total. The van der Waals surface area contributed by atoms with Gasteiger partial charge in [0.2, 0.25) is 0 Å². The highest BCUT2D eigenvalue weighted by Gasteiger charge is 2.36. The van der Waals surface area contributed by atoms with Crippen LogP contribution in [0.4, 0.5) is 0 Å². The van der Waals surface area contributed by atoms with E-state index in [1.54, 1.807) is 0 Å². The fraction of sp³-hybridized carbons (Fsp3) is 0.833. The highest BCUT2D eigenvalue weighted by molar-refractivity contribution is 4.90. The lowest BCUT2D eigenvalue weighted by molar-refractivity contribution is 0.0873. The molecule has 0 amide bonds. The first-order chi connectivity index (χ1) is 6.72. The van der Waals surface area contributed by atoms with Crippen molar-refractivity contribution < 1.29 is 0 Å². The Morgan fingerprint density at radius 2 is 2.21 bits per heavy atom. The van der Waals surface area contributed by atoms with Crippen LogP contribution in [-0.4, -0.2) is 31.6 Å².